The van der Waals surface area contributed by atoms with E-state index in [4.69, 9.17) is 0 Å². The molecule has 6 aromatic rings. The van der Waals surface area contributed by atoms with Crippen molar-refractivity contribution in [2.45, 2.75) is 139 Å². The third-order valence-corrected chi connectivity index (χ3v) is 17.7. The molecular weight excluding hydrogens is 1090 g/mol. The Kier molecular flexibility index (Phi) is 19.6. The van der Waals surface area contributed by atoms with Gasteiger partial charge in [-0.3, -0.25) is 0 Å². The zero-order chi connectivity index (χ0) is 47.0. The fraction of sp³-hybridized carbons (Fsp3) is 0.406. The van der Waals surface area contributed by atoms with Crippen LogP contribution in [0.4, 0.5) is 0 Å². The summed E-state index contributed by atoms with van der Waals surface area (Å²) in [4.78, 5) is 0. The minimum Gasteiger partial charge on any atom is -0.0928 e. The predicted molar refractivity (Wildman–Crippen MR) is 311 cm³/mol. The largest absolute Gasteiger partial charge is 0.0928 e. The zero-order valence-corrected chi connectivity index (χ0v) is 46.7. The van der Waals surface area contributed by atoms with Gasteiger partial charge in [0.2, 0.25) is 0 Å². The number of benzene rings is 6. The number of fused-ring (bicyclic) bond motifs is 6. The molecule has 0 unspecified atom stereocenters. The van der Waals surface area contributed by atoms with Crippen LogP contribution in [0, 0.1) is 0 Å². The van der Waals surface area contributed by atoms with Crippen LogP contribution in [0.5, 0.6) is 0 Å². The summed E-state index contributed by atoms with van der Waals surface area (Å²) in [6, 6.07) is 56.9. The maximum Gasteiger partial charge on any atom is 0.0215 e. The number of unbranched alkanes of at least 4 members (excludes halogenated alkanes) is 12. The van der Waals surface area contributed by atoms with E-state index in [1.165, 1.54) is 184 Å². The van der Waals surface area contributed by atoms with E-state index in [0.717, 1.165) is 21.3 Å². The van der Waals surface area contributed by atoms with Crippen molar-refractivity contribution in [3.05, 3.63) is 190 Å². The highest BCUT2D eigenvalue weighted by molar-refractivity contribution is 9.09. The number of alkyl halides is 4. The molecule has 0 spiro atoms. The lowest BCUT2D eigenvalue weighted by atomic mass is 9.69. The summed E-state index contributed by atoms with van der Waals surface area (Å²) in [5, 5.41) is 4.36. The summed E-state index contributed by atoms with van der Waals surface area (Å²) in [5.74, 6) is 0. The molecular formula is C64H72Br4. The number of rotatable bonds is 28. The first-order chi connectivity index (χ1) is 33.6. The highest BCUT2D eigenvalue weighted by atomic mass is 79.9. The summed E-state index contributed by atoms with van der Waals surface area (Å²) >= 11 is 14.9. The third kappa shape index (κ3) is 11.5. The second-order valence-electron chi connectivity index (χ2n) is 19.7. The van der Waals surface area contributed by atoms with Crippen molar-refractivity contribution in [3.8, 4) is 22.3 Å². The molecule has 0 saturated carbocycles. The van der Waals surface area contributed by atoms with Gasteiger partial charge in [-0.2, -0.15) is 0 Å². The molecule has 356 valence electrons. The van der Waals surface area contributed by atoms with Crippen LogP contribution in [-0.2, 0) is 10.8 Å². The molecule has 0 bridgehead atoms. The Hall–Kier alpha value is -3.02. The Labute approximate surface area is 444 Å². The molecule has 0 nitrogen and oxygen atoms in total. The molecule has 0 saturated heterocycles. The Morgan fingerprint density at radius 2 is 0.559 bits per heavy atom. The van der Waals surface area contributed by atoms with Gasteiger partial charge in [-0.05, 0) is 141 Å². The quantitative estimate of drug-likeness (QED) is 0.0261. The summed E-state index contributed by atoms with van der Waals surface area (Å²) < 4.78 is 0. The van der Waals surface area contributed by atoms with Crippen LogP contribution in [-0.4, -0.2) is 21.3 Å². The van der Waals surface area contributed by atoms with Crippen LogP contribution in [0.25, 0.3) is 33.4 Å². The fourth-order valence-electron chi connectivity index (χ4n) is 12.2. The van der Waals surface area contributed by atoms with Gasteiger partial charge < -0.3 is 0 Å². The molecule has 0 heterocycles. The number of hydrogen-bond donors (Lipinski definition) is 0. The highest BCUT2D eigenvalue weighted by Crippen LogP contribution is 2.57. The van der Waals surface area contributed by atoms with E-state index >= 15 is 0 Å². The molecule has 0 amide bonds. The van der Waals surface area contributed by atoms with Crippen LogP contribution in [0.1, 0.15) is 173 Å². The van der Waals surface area contributed by atoms with Gasteiger partial charge in [0, 0.05) is 32.2 Å². The maximum absolute atomic E-state index is 3.71. The van der Waals surface area contributed by atoms with Gasteiger partial charge in [0.1, 0.15) is 0 Å². The Bertz CT molecular complexity index is 2330. The molecule has 0 aromatic heterocycles. The third-order valence-electron chi connectivity index (χ3n) is 15.4. The zero-order valence-electron chi connectivity index (χ0n) is 40.3. The van der Waals surface area contributed by atoms with Crippen molar-refractivity contribution < 1.29 is 0 Å². The van der Waals surface area contributed by atoms with E-state index in [1.54, 1.807) is 22.3 Å². The van der Waals surface area contributed by atoms with Crippen molar-refractivity contribution in [2.24, 2.45) is 0 Å². The summed E-state index contributed by atoms with van der Waals surface area (Å²) in [6.07, 6.45) is 25.0. The van der Waals surface area contributed by atoms with Crippen LogP contribution in [0.3, 0.4) is 0 Å². The van der Waals surface area contributed by atoms with E-state index in [1.807, 2.05) is 0 Å². The van der Waals surface area contributed by atoms with Crippen molar-refractivity contribution in [1.82, 2.24) is 0 Å². The minimum absolute atomic E-state index is 0.0125. The molecule has 8 rings (SSSR count). The van der Waals surface area contributed by atoms with Crippen LogP contribution in [0.2, 0.25) is 0 Å². The molecule has 0 fully saturated rings. The summed E-state index contributed by atoms with van der Waals surface area (Å²) in [7, 11) is 0. The van der Waals surface area contributed by atoms with Crippen LogP contribution >= 0.6 is 63.7 Å². The van der Waals surface area contributed by atoms with Gasteiger partial charge in [-0.25, -0.2) is 0 Å². The van der Waals surface area contributed by atoms with Gasteiger partial charge in [0.25, 0.3) is 0 Å². The number of halogens is 4. The first-order valence-electron chi connectivity index (χ1n) is 26.2. The van der Waals surface area contributed by atoms with Gasteiger partial charge in [0.15, 0.2) is 0 Å². The van der Waals surface area contributed by atoms with Crippen LogP contribution in [0.15, 0.2) is 146 Å². The number of hydrogen-bond acceptors (Lipinski definition) is 0. The highest BCUT2D eigenvalue weighted by Gasteiger charge is 2.44. The van der Waals surface area contributed by atoms with Crippen molar-refractivity contribution in [3.63, 3.8) is 0 Å². The molecule has 0 N–H and O–H groups in total. The van der Waals surface area contributed by atoms with Gasteiger partial charge in [0.05, 0.1) is 0 Å². The maximum atomic E-state index is 3.71. The topological polar surface area (TPSA) is 0 Å². The first kappa shape index (κ1) is 51.3. The SMILES string of the molecule is BrCCCCCCC1(CCCCCCBr)c2ccccc2-c2ccc(C(=C(c3ccccc3)c3ccc4c(c3)C(CCCCCCBr)(CCCCCCBr)c3ccccc3-4)c3ccccc3)cc21. The molecule has 2 aliphatic rings. The lowest BCUT2D eigenvalue weighted by Crippen LogP contribution is -2.26. The van der Waals surface area contributed by atoms with E-state index in [9.17, 15) is 0 Å². The normalized spacial score (nSPS) is 14.3. The standard InChI is InChI=1S/C64H72Br4/c65-43-23-5-1-19-39-63(40-20-2-6-24-44-66)57-33-17-15-31-53(57)55-37-35-51(47-59(55)63)61(49-27-11-9-12-28-49)62(50-29-13-10-14-30-50)52-36-38-56-54-32-16-18-34-58(54)64(60(56)48-52,41-21-3-7-25-45-67)42-22-4-8-26-46-68/h9-18,27-38,47-48H,1-8,19-26,39-46H2. The molecule has 2 aliphatic carbocycles. The monoisotopic (exact) mass is 1160 g/mol. The molecule has 4 heteroatoms. The second-order valence-corrected chi connectivity index (χ2v) is 22.8. The fourth-order valence-corrected chi connectivity index (χ4v) is 13.8. The van der Waals surface area contributed by atoms with E-state index in [0.29, 0.717) is 0 Å². The molecule has 68 heavy (non-hydrogen) atoms. The Balaban J connectivity index is 1.33. The molecule has 0 atom stereocenters. The summed E-state index contributed by atoms with van der Waals surface area (Å²) in [5.41, 5.74) is 19.7. The van der Waals surface area contributed by atoms with Gasteiger partial charge >= 0.3 is 0 Å². The lowest BCUT2D eigenvalue weighted by Gasteiger charge is -2.34. The predicted octanol–water partition coefficient (Wildman–Crippen LogP) is 20.6. The van der Waals surface area contributed by atoms with E-state index < -0.39 is 0 Å². The minimum atomic E-state index is -0.0125. The summed E-state index contributed by atoms with van der Waals surface area (Å²) in [6.45, 7) is 0. The molecule has 6 aromatic carbocycles. The lowest BCUT2D eigenvalue weighted by molar-refractivity contribution is 0.401. The second kappa shape index (κ2) is 25.9. The van der Waals surface area contributed by atoms with Gasteiger partial charge in [-0.1, -0.05) is 274 Å². The Morgan fingerprint density at radius 3 is 0.897 bits per heavy atom. The Morgan fingerprint density at radius 1 is 0.265 bits per heavy atom. The van der Waals surface area contributed by atoms with Crippen molar-refractivity contribution >= 4 is 74.9 Å². The van der Waals surface area contributed by atoms with Gasteiger partial charge in [-0.15, -0.1) is 0 Å². The van der Waals surface area contributed by atoms with E-state index in [2.05, 4.69) is 209 Å². The average Bonchev–Trinajstić information content (AvgIpc) is 3.81. The average molecular weight is 1160 g/mol. The van der Waals surface area contributed by atoms with Crippen molar-refractivity contribution in [2.75, 3.05) is 21.3 Å². The molecule has 0 radical (unpaired) electrons. The van der Waals surface area contributed by atoms with E-state index in [-0.39, 0.29) is 10.8 Å². The smallest absolute Gasteiger partial charge is 0.0215 e. The van der Waals surface area contributed by atoms with Crippen LogP contribution < -0.4 is 0 Å². The van der Waals surface area contributed by atoms with Crippen molar-refractivity contribution in [1.29, 1.82) is 0 Å². The first-order valence-corrected chi connectivity index (χ1v) is 30.7. The molecule has 0 aliphatic heterocycles.